The molecule has 0 saturated carbocycles. The molecule has 2 nitrogen and oxygen atoms in total. The maximum Gasteiger partial charge on any atom is 0.306 e. The van der Waals surface area contributed by atoms with E-state index in [9.17, 15) is 4.79 Å². The molecule has 0 aromatic carbocycles. The number of ether oxygens (including phenoxy) is 1. The van der Waals surface area contributed by atoms with E-state index in [4.69, 9.17) is 4.74 Å². The molecule has 0 aromatic rings. The molecule has 0 fully saturated rings. The van der Waals surface area contributed by atoms with Gasteiger partial charge in [-0.05, 0) is 6.42 Å². The Kier molecular flexibility index (Phi) is 31.2. The largest absolute Gasteiger partial charge is 0.461 e. The lowest BCUT2D eigenvalue weighted by atomic mass is 10.1. The van der Waals surface area contributed by atoms with Crippen molar-refractivity contribution in [1.29, 1.82) is 0 Å². The summed E-state index contributed by atoms with van der Waals surface area (Å²) in [6.07, 6.45) is 10.8. The fourth-order valence-corrected chi connectivity index (χ4v) is 1.45. The van der Waals surface area contributed by atoms with E-state index < -0.39 is 0 Å². The number of hydrogen-bond acceptors (Lipinski definition) is 2. The zero-order chi connectivity index (χ0) is 15.4. The molecule has 0 unspecified atom stereocenters. The monoisotopic (exact) mass is 270 g/mol. The van der Waals surface area contributed by atoms with Crippen LogP contribution < -0.4 is 0 Å². The fourth-order valence-electron chi connectivity index (χ4n) is 1.45. The van der Waals surface area contributed by atoms with Crippen LogP contribution in [0.25, 0.3) is 0 Å². The van der Waals surface area contributed by atoms with Crippen molar-refractivity contribution in [3.05, 3.63) is 25.8 Å². The quantitative estimate of drug-likeness (QED) is 0.290. The van der Waals surface area contributed by atoms with E-state index in [1.165, 1.54) is 32.1 Å². The second kappa shape index (κ2) is 25.7. The molecule has 0 rings (SSSR count). The molecule has 0 bridgehead atoms. The average molecular weight is 270 g/mol. The van der Waals surface area contributed by atoms with Crippen molar-refractivity contribution < 1.29 is 9.53 Å². The van der Waals surface area contributed by atoms with Gasteiger partial charge in [0, 0.05) is 6.42 Å². The summed E-state index contributed by atoms with van der Waals surface area (Å²) in [6.45, 7) is 16.1. The summed E-state index contributed by atoms with van der Waals surface area (Å²) in [4.78, 5) is 11.1. The average Bonchev–Trinajstić information content (AvgIpc) is 2.48. The van der Waals surface area contributed by atoms with Gasteiger partial charge in [-0.3, -0.25) is 4.79 Å². The third-order valence-electron chi connectivity index (χ3n) is 2.35. The van der Waals surface area contributed by atoms with Gasteiger partial charge in [0.1, 0.15) is 6.61 Å². The summed E-state index contributed by atoms with van der Waals surface area (Å²) >= 11 is 0. The predicted octanol–water partition coefficient (Wildman–Crippen LogP) is 5.68. The minimum atomic E-state index is -0.0940. The normalized spacial score (nSPS) is 8.37. The van der Waals surface area contributed by atoms with Crippen molar-refractivity contribution >= 4 is 5.97 Å². The zero-order valence-electron chi connectivity index (χ0n) is 13.4. The van der Waals surface area contributed by atoms with Crippen molar-refractivity contribution in [3.8, 4) is 0 Å². The van der Waals surface area contributed by atoms with Crippen LogP contribution in [0.4, 0.5) is 0 Å². The number of carbonyl (C=O) groups excluding carboxylic acids is 1. The number of esters is 1. The molecule has 0 saturated heterocycles. The first-order valence-corrected chi connectivity index (χ1v) is 7.57. The molecular weight excluding hydrogens is 236 g/mol. The van der Waals surface area contributed by atoms with E-state index in [0.29, 0.717) is 13.0 Å². The van der Waals surface area contributed by atoms with Crippen molar-refractivity contribution in [2.24, 2.45) is 0 Å². The third kappa shape index (κ3) is 26.5. The van der Waals surface area contributed by atoms with Gasteiger partial charge in [-0.2, -0.15) is 0 Å². The highest BCUT2D eigenvalue weighted by molar-refractivity contribution is 5.69. The molecule has 114 valence electrons. The van der Waals surface area contributed by atoms with Gasteiger partial charge in [-0.15, -0.1) is 13.2 Å². The summed E-state index contributed by atoms with van der Waals surface area (Å²) in [5.41, 5.74) is 0. The summed E-state index contributed by atoms with van der Waals surface area (Å²) in [7, 11) is 0. The van der Waals surface area contributed by atoms with E-state index in [-0.39, 0.29) is 5.97 Å². The van der Waals surface area contributed by atoms with Crippen LogP contribution in [0.3, 0.4) is 0 Å². The molecule has 0 radical (unpaired) electrons. The molecule has 0 heterocycles. The van der Waals surface area contributed by atoms with Crippen LogP contribution >= 0.6 is 0 Å². The van der Waals surface area contributed by atoms with E-state index in [1.807, 2.05) is 13.8 Å². The summed E-state index contributed by atoms with van der Waals surface area (Å²) < 4.78 is 4.88. The number of unbranched alkanes of at least 4 members (excludes halogenated alkanes) is 6. The van der Waals surface area contributed by atoms with Crippen LogP contribution in [0.5, 0.6) is 0 Å². The lowest BCUT2D eigenvalue weighted by Crippen LogP contribution is -2.03. The second-order valence-corrected chi connectivity index (χ2v) is 3.84. The van der Waals surface area contributed by atoms with Crippen LogP contribution in [0, 0.1) is 0 Å². The van der Waals surface area contributed by atoms with Crippen LogP contribution in [0.2, 0.25) is 0 Å². The Hall–Kier alpha value is -1.05. The molecule has 0 aliphatic carbocycles. The van der Waals surface area contributed by atoms with E-state index in [0.717, 1.165) is 12.8 Å². The maximum atomic E-state index is 11.1. The minimum Gasteiger partial charge on any atom is -0.461 e. The Morgan fingerprint density at radius 3 is 1.95 bits per heavy atom. The number of carbonyl (C=O) groups is 1. The molecule has 0 spiro atoms. The summed E-state index contributed by atoms with van der Waals surface area (Å²) in [6, 6.07) is 0. The molecule has 2 heteroatoms. The Bertz CT molecular complexity index is 176. The molecule has 0 aromatic heterocycles. The molecule has 0 atom stereocenters. The Morgan fingerprint density at radius 1 is 1.00 bits per heavy atom. The maximum absolute atomic E-state index is 11.1. The van der Waals surface area contributed by atoms with Crippen LogP contribution in [0.15, 0.2) is 25.8 Å². The smallest absolute Gasteiger partial charge is 0.306 e. The van der Waals surface area contributed by atoms with Gasteiger partial charge in [0.25, 0.3) is 0 Å². The lowest BCUT2D eigenvalue weighted by molar-refractivity contribution is -0.142. The van der Waals surface area contributed by atoms with Gasteiger partial charge in [0.15, 0.2) is 0 Å². The molecule has 0 aliphatic rings. The Labute approximate surface area is 120 Å². The molecular formula is C17H34O2. The Morgan fingerprint density at radius 2 is 1.47 bits per heavy atom. The third-order valence-corrected chi connectivity index (χ3v) is 2.35. The minimum absolute atomic E-state index is 0.0940. The first kappa shape index (κ1) is 23.1. The SMILES string of the molecule is C=C.C=CCOC(=O)CCCCCCCCC.CC. The fraction of sp³-hybridized carbons (Fsp3) is 0.706. The van der Waals surface area contributed by atoms with E-state index in [1.54, 1.807) is 6.08 Å². The van der Waals surface area contributed by atoms with Crippen LogP contribution in [-0.2, 0) is 9.53 Å². The van der Waals surface area contributed by atoms with E-state index in [2.05, 4.69) is 26.7 Å². The zero-order valence-corrected chi connectivity index (χ0v) is 13.4. The van der Waals surface area contributed by atoms with Crippen molar-refractivity contribution in [1.82, 2.24) is 0 Å². The van der Waals surface area contributed by atoms with Crippen LogP contribution in [0.1, 0.15) is 72.1 Å². The molecule has 0 amide bonds. The van der Waals surface area contributed by atoms with Gasteiger partial charge in [-0.25, -0.2) is 0 Å². The Balaban J connectivity index is -0.000000579. The first-order valence-electron chi connectivity index (χ1n) is 7.57. The standard InChI is InChI=1S/C13H24O2.C2H6.C2H4/c1-3-5-6-7-8-9-10-11-13(14)15-12-4-2;2*1-2/h4H,2-3,5-12H2,1H3;1-2H3;1-2H2. The van der Waals surface area contributed by atoms with Crippen molar-refractivity contribution in [3.63, 3.8) is 0 Å². The van der Waals surface area contributed by atoms with Crippen molar-refractivity contribution in [2.75, 3.05) is 6.61 Å². The van der Waals surface area contributed by atoms with Gasteiger partial charge in [-0.1, -0.05) is 72.0 Å². The highest BCUT2D eigenvalue weighted by Gasteiger charge is 2.00. The van der Waals surface area contributed by atoms with E-state index >= 15 is 0 Å². The second-order valence-electron chi connectivity index (χ2n) is 3.84. The molecule has 0 N–H and O–H groups in total. The van der Waals surface area contributed by atoms with Gasteiger partial charge < -0.3 is 4.74 Å². The predicted molar refractivity (Wildman–Crippen MR) is 86.4 cm³/mol. The lowest BCUT2D eigenvalue weighted by Gasteiger charge is -2.02. The topological polar surface area (TPSA) is 26.3 Å². The van der Waals surface area contributed by atoms with Crippen LogP contribution in [-0.4, -0.2) is 12.6 Å². The number of hydrogen-bond donors (Lipinski definition) is 0. The van der Waals surface area contributed by atoms with Gasteiger partial charge in [0.2, 0.25) is 0 Å². The van der Waals surface area contributed by atoms with Crippen molar-refractivity contribution in [2.45, 2.75) is 72.1 Å². The number of rotatable bonds is 10. The van der Waals surface area contributed by atoms with Gasteiger partial charge in [0.05, 0.1) is 0 Å². The summed E-state index contributed by atoms with van der Waals surface area (Å²) in [5, 5.41) is 0. The van der Waals surface area contributed by atoms with Gasteiger partial charge >= 0.3 is 5.97 Å². The first-order chi connectivity index (χ1) is 9.31. The molecule has 0 aliphatic heterocycles. The summed E-state index contributed by atoms with van der Waals surface area (Å²) in [5.74, 6) is -0.0940. The highest BCUT2D eigenvalue weighted by Crippen LogP contribution is 2.08. The highest BCUT2D eigenvalue weighted by atomic mass is 16.5. The molecule has 19 heavy (non-hydrogen) atoms.